The highest BCUT2D eigenvalue weighted by Gasteiger charge is 2.35. The first-order valence-electron chi connectivity index (χ1n) is 15.4. The summed E-state index contributed by atoms with van der Waals surface area (Å²) in [5.41, 5.74) is 7.40. The molecule has 0 aromatic rings. The Labute approximate surface area is 257 Å². The van der Waals surface area contributed by atoms with Crippen LogP contribution >= 0.6 is 0 Å². The summed E-state index contributed by atoms with van der Waals surface area (Å²) in [5.74, 6) is 0.696. The van der Waals surface area contributed by atoms with Gasteiger partial charge in [-0.25, -0.2) is 0 Å². The van der Waals surface area contributed by atoms with E-state index in [4.69, 9.17) is 0 Å². The number of rotatable bonds is 10. The minimum absolute atomic E-state index is 0.0574. The van der Waals surface area contributed by atoms with E-state index in [1.165, 1.54) is 33.4 Å². The maximum Gasteiger partial charge on any atom is 0.0729 e. The maximum atomic E-state index is 10.1. The second-order valence-corrected chi connectivity index (χ2v) is 13.8. The molecule has 0 amide bonds. The summed E-state index contributed by atoms with van der Waals surface area (Å²) in [5, 5.41) is 20.1. The van der Waals surface area contributed by atoms with Gasteiger partial charge in [0.2, 0.25) is 0 Å². The molecule has 2 aliphatic carbocycles. The molecule has 2 aliphatic rings. The number of hydrogen-bond acceptors (Lipinski definition) is 2. The van der Waals surface area contributed by atoms with E-state index >= 15 is 0 Å². The van der Waals surface area contributed by atoms with E-state index in [9.17, 15) is 10.2 Å². The zero-order valence-corrected chi connectivity index (χ0v) is 27.9. The Morgan fingerprint density at radius 3 is 1.21 bits per heavy atom. The predicted octanol–water partition coefficient (Wildman–Crippen LogP) is 10.3. The quantitative estimate of drug-likeness (QED) is 0.203. The molecule has 0 spiro atoms. The van der Waals surface area contributed by atoms with Crippen molar-refractivity contribution in [3.8, 4) is 0 Å². The molecule has 0 aromatic carbocycles. The smallest absolute Gasteiger partial charge is 0.0729 e. The topological polar surface area (TPSA) is 40.5 Å². The van der Waals surface area contributed by atoms with Gasteiger partial charge >= 0.3 is 0 Å². The van der Waals surface area contributed by atoms with Gasteiger partial charge in [0.05, 0.1) is 12.2 Å². The largest absolute Gasteiger partial charge is 0.389 e. The number of aliphatic hydroxyl groups is 2. The molecule has 2 N–H and O–H groups in total. The van der Waals surface area contributed by atoms with Crippen molar-refractivity contribution in [1.29, 1.82) is 0 Å². The van der Waals surface area contributed by atoms with Crippen molar-refractivity contribution in [3.05, 3.63) is 131 Å². The summed E-state index contributed by atoms with van der Waals surface area (Å²) >= 11 is 0. The first-order chi connectivity index (χ1) is 19.6. The van der Waals surface area contributed by atoms with Crippen molar-refractivity contribution in [2.24, 2.45) is 22.7 Å². The molecule has 0 saturated heterocycles. The van der Waals surface area contributed by atoms with Crippen LogP contribution in [0.25, 0.3) is 0 Å². The fourth-order valence-corrected chi connectivity index (χ4v) is 6.16. The molecule has 0 saturated carbocycles. The van der Waals surface area contributed by atoms with Gasteiger partial charge in [0, 0.05) is 11.8 Å². The van der Waals surface area contributed by atoms with Gasteiger partial charge in [0.15, 0.2) is 0 Å². The van der Waals surface area contributed by atoms with E-state index in [0.717, 1.165) is 12.8 Å². The summed E-state index contributed by atoms with van der Waals surface area (Å²) in [7, 11) is 0. The van der Waals surface area contributed by atoms with Crippen LogP contribution in [0.3, 0.4) is 0 Å². The van der Waals surface area contributed by atoms with Gasteiger partial charge in [-0.1, -0.05) is 158 Å². The lowest BCUT2D eigenvalue weighted by Crippen LogP contribution is -2.32. The van der Waals surface area contributed by atoms with E-state index in [0.29, 0.717) is 11.8 Å². The second kappa shape index (κ2) is 16.1. The van der Waals surface area contributed by atoms with Gasteiger partial charge in [0.1, 0.15) is 0 Å². The van der Waals surface area contributed by atoms with Crippen LogP contribution in [0.4, 0.5) is 0 Å². The average Bonchev–Trinajstić information content (AvgIpc) is 2.84. The van der Waals surface area contributed by atoms with Crippen LogP contribution in [0, 0.1) is 22.7 Å². The van der Waals surface area contributed by atoms with Crippen molar-refractivity contribution < 1.29 is 10.2 Å². The van der Waals surface area contributed by atoms with Crippen LogP contribution in [0.2, 0.25) is 0 Å². The highest BCUT2D eigenvalue weighted by atomic mass is 16.3. The van der Waals surface area contributed by atoms with Crippen LogP contribution < -0.4 is 0 Å². The molecule has 0 fully saturated rings. The molecular weight excluding hydrogens is 512 g/mol. The summed E-state index contributed by atoms with van der Waals surface area (Å²) in [6, 6.07) is 0. The van der Waals surface area contributed by atoms with E-state index in [1.807, 2.05) is 12.2 Å². The third-order valence-corrected chi connectivity index (χ3v) is 8.41. The van der Waals surface area contributed by atoms with Crippen molar-refractivity contribution >= 4 is 0 Å². The highest BCUT2D eigenvalue weighted by molar-refractivity contribution is 5.33. The van der Waals surface area contributed by atoms with Crippen molar-refractivity contribution in [2.45, 2.75) is 94.3 Å². The molecular formula is C40H56O2. The first-order valence-corrected chi connectivity index (χ1v) is 15.4. The zero-order chi connectivity index (χ0) is 31.5. The molecule has 4 unspecified atom stereocenters. The van der Waals surface area contributed by atoms with Gasteiger partial charge < -0.3 is 10.2 Å². The monoisotopic (exact) mass is 568 g/mol. The molecule has 4 atom stereocenters. The predicted molar refractivity (Wildman–Crippen MR) is 184 cm³/mol. The van der Waals surface area contributed by atoms with Crippen LogP contribution in [0.1, 0.15) is 82.1 Å². The average molecular weight is 569 g/mol. The van der Waals surface area contributed by atoms with Crippen molar-refractivity contribution in [3.63, 3.8) is 0 Å². The van der Waals surface area contributed by atoms with Crippen LogP contribution in [0.15, 0.2) is 131 Å². The molecule has 0 heterocycles. The molecule has 0 radical (unpaired) electrons. The third-order valence-electron chi connectivity index (χ3n) is 8.41. The Morgan fingerprint density at radius 1 is 0.571 bits per heavy atom. The Balaban J connectivity index is 1.89. The number of allylic oxidation sites excluding steroid dienone is 20. The lowest BCUT2D eigenvalue weighted by atomic mass is 9.67. The standard InChI is InChI=1S/C40H56O2/c1-29(17-13-19-31(3)21-23-37-33(5)25-35(41)27-39(37,7)8)15-11-12-16-30(2)18-14-20-32(4)22-24-38-34(6)26-36(42)28-40(38,9)10/h11-26,35-38,41-42H,27-28H2,1-10H3/b12-11+,17-13+,18-14+,23-21+,24-22+,29-15+,30-16+,31-19+,32-20+. The van der Waals surface area contributed by atoms with Gasteiger partial charge in [-0.05, 0) is 65.2 Å². The van der Waals surface area contributed by atoms with Gasteiger partial charge in [-0.2, -0.15) is 0 Å². The van der Waals surface area contributed by atoms with E-state index in [1.54, 1.807) is 0 Å². The maximum absolute atomic E-state index is 10.1. The number of hydrogen-bond donors (Lipinski definition) is 2. The summed E-state index contributed by atoms with van der Waals surface area (Å²) in [6.45, 7) is 21.6. The van der Waals surface area contributed by atoms with Crippen LogP contribution in [0.5, 0.6) is 0 Å². The van der Waals surface area contributed by atoms with E-state index in [-0.39, 0.29) is 23.0 Å². The lowest BCUT2D eigenvalue weighted by molar-refractivity contribution is 0.117. The molecule has 2 nitrogen and oxygen atoms in total. The van der Waals surface area contributed by atoms with Gasteiger partial charge in [-0.3, -0.25) is 0 Å². The van der Waals surface area contributed by atoms with Crippen LogP contribution in [-0.4, -0.2) is 22.4 Å². The van der Waals surface area contributed by atoms with Crippen LogP contribution in [-0.2, 0) is 0 Å². The normalized spacial score (nSPS) is 28.1. The van der Waals surface area contributed by atoms with Gasteiger partial charge in [0.25, 0.3) is 0 Å². The minimum atomic E-state index is -0.331. The highest BCUT2D eigenvalue weighted by Crippen LogP contribution is 2.42. The first kappa shape index (κ1) is 35.3. The zero-order valence-electron chi connectivity index (χ0n) is 27.9. The second-order valence-electron chi connectivity index (χ2n) is 13.8. The molecule has 2 rings (SSSR count). The van der Waals surface area contributed by atoms with E-state index in [2.05, 4.69) is 154 Å². The summed E-state index contributed by atoms with van der Waals surface area (Å²) in [6.07, 6.45) is 35.0. The summed E-state index contributed by atoms with van der Waals surface area (Å²) < 4.78 is 0. The van der Waals surface area contributed by atoms with Gasteiger partial charge in [-0.15, -0.1) is 0 Å². The molecule has 228 valence electrons. The Kier molecular flexibility index (Phi) is 13.5. The summed E-state index contributed by atoms with van der Waals surface area (Å²) in [4.78, 5) is 0. The van der Waals surface area contributed by atoms with E-state index < -0.39 is 0 Å². The molecule has 42 heavy (non-hydrogen) atoms. The lowest BCUT2D eigenvalue weighted by Gasteiger charge is -2.38. The SMILES string of the molecule is CC1=CC(O)CC(C)(C)C1/C=C/C(C)=C/C=C/C(C)=C/C=C/C=C(C)/C=C/C=C(C)/C=C/C1C(C)=CC(O)CC1(C)C. The molecule has 0 aromatic heterocycles. The van der Waals surface area contributed by atoms with Crippen molar-refractivity contribution in [1.82, 2.24) is 0 Å². The Morgan fingerprint density at radius 2 is 0.881 bits per heavy atom. The Bertz CT molecular complexity index is 1160. The third kappa shape index (κ3) is 11.7. The number of aliphatic hydroxyl groups excluding tert-OH is 2. The molecule has 2 heteroatoms. The minimum Gasteiger partial charge on any atom is -0.389 e. The fraction of sp³-hybridized carbons (Fsp3) is 0.450. The van der Waals surface area contributed by atoms with Crippen molar-refractivity contribution in [2.75, 3.05) is 0 Å². The molecule has 0 aliphatic heterocycles. The molecule has 0 bridgehead atoms. The Hall–Kier alpha value is -2.94. The fourth-order valence-electron chi connectivity index (χ4n) is 6.16.